The molecule has 2 aromatic rings. The number of amides is 1. The van der Waals surface area contributed by atoms with Crippen LogP contribution in [0.25, 0.3) is 0 Å². The van der Waals surface area contributed by atoms with Gasteiger partial charge in [0, 0.05) is 5.56 Å². The van der Waals surface area contributed by atoms with Gasteiger partial charge in [-0.1, -0.05) is 18.2 Å². The molecule has 18 heavy (non-hydrogen) atoms. The molecule has 2 radical (unpaired) electrons. The summed E-state index contributed by atoms with van der Waals surface area (Å²) in [7, 11) is 0.255. The predicted octanol–water partition coefficient (Wildman–Crippen LogP) is 1.88. The Balaban J connectivity index is 2.06. The van der Waals surface area contributed by atoms with Gasteiger partial charge < -0.3 is 9.40 Å². The van der Waals surface area contributed by atoms with Crippen LogP contribution >= 0.6 is 0 Å². The van der Waals surface area contributed by atoms with Crippen LogP contribution in [0.1, 0.15) is 27.2 Å². The van der Waals surface area contributed by atoms with Gasteiger partial charge in [0.25, 0.3) is 5.91 Å². The van der Waals surface area contributed by atoms with E-state index in [-0.39, 0.29) is 15.6 Å². The maximum atomic E-state index is 11.9. The molecule has 1 N–H and O–H groups in total. The fourth-order valence-corrected chi connectivity index (χ4v) is 2.60. The summed E-state index contributed by atoms with van der Waals surface area (Å²) in [6.07, 6.45) is 1.53. The minimum absolute atomic E-state index is 0.156. The largest absolute Gasteiger partial charge is 0.459 e. The molecule has 0 spiro atoms. The van der Waals surface area contributed by atoms with Gasteiger partial charge in [0.05, 0.1) is 6.26 Å². The number of rotatable bonds is 3. The van der Waals surface area contributed by atoms with E-state index in [2.05, 4.69) is 24.9 Å². The van der Waals surface area contributed by atoms with Crippen molar-refractivity contribution >= 4 is 20.8 Å². The second-order valence-electron chi connectivity index (χ2n) is 4.26. The van der Waals surface area contributed by atoms with E-state index in [1.54, 1.807) is 6.07 Å². The second kappa shape index (κ2) is 5.22. The van der Waals surface area contributed by atoms with Gasteiger partial charge in [0.2, 0.25) is 9.68 Å². The monoisotopic (exact) mass is 257 g/mol. The average Bonchev–Trinajstić information content (AvgIpc) is 2.77. The molecule has 0 fully saturated rings. The molecule has 92 valence electrons. The highest BCUT2D eigenvalue weighted by atomic mass is 28.2. The van der Waals surface area contributed by atoms with Crippen LogP contribution < -0.4 is 10.2 Å². The van der Waals surface area contributed by atoms with Gasteiger partial charge in [0.15, 0.2) is 5.76 Å². The number of benzene rings is 1. The van der Waals surface area contributed by atoms with Gasteiger partial charge in [0.1, 0.15) is 0 Å². The van der Waals surface area contributed by atoms with Crippen LogP contribution in [0.2, 0.25) is 0 Å². The summed E-state index contributed by atoms with van der Waals surface area (Å²) in [6.45, 7) is 6.00. The zero-order valence-electron chi connectivity index (χ0n) is 10.7. The summed E-state index contributed by atoms with van der Waals surface area (Å²) in [5, 5.41) is 1.16. The Labute approximate surface area is 109 Å². The lowest BCUT2D eigenvalue weighted by Gasteiger charge is -2.07. The topological polar surface area (TPSA) is 42.2 Å². The van der Waals surface area contributed by atoms with Crippen molar-refractivity contribution < 1.29 is 9.21 Å². The third kappa shape index (κ3) is 2.54. The number of carbonyl (C=O) groups is 1. The average molecular weight is 257 g/mol. The van der Waals surface area contributed by atoms with Crippen molar-refractivity contribution in [1.82, 2.24) is 4.98 Å². The van der Waals surface area contributed by atoms with Crippen molar-refractivity contribution in [1.29, 1.82) is 0 Å². The Bertz CT molecular complexity index is 575. The van der Waals surface area contributed by atoms with Crippen molar-refractivity contribution in [3.63, 3.8) is 0 Å². The Kier molecular flexibility index (Phi) is 3.67. The smallest absolute Gasteiger partial charge is 0.279 e. The van der Waals surface area contributed by atoms with Gasteiger partial charge in [-0.15, -0.1) is 0 Å². The molecule has 1 aromatic carbocycles. The summed E-state index contributed by atoms with van der Waals surface area (Å²) in [4.78, 5) is 14.8. The maximum absolute atomic E-state index is 11.9. The number of hydrogen-bond donors (Lipinski definition) is 1. The van der Waals surface area contributed by atoms with E-state index in [4.69, 9.17) is 4.42 Å². The van der Waals surface area contributed by atoms with Crippen molar-refractivity contribution in [2.24, 2.45) is 0 Å². The van der Waals surface area contributed by atoms with E-state index in [0.29, 0.717) is 5.76 Å². The molecule has 0 aliphatic rings. The minimum atomic E-state index is -0.156. The number of hydrogen-bond acceptors (Lipinski definition) is 2. The third-order valence-corrected chi connectivity index (χ3v) is 4.15. The van der Waals surface area contributed by atoms with E-state index in [1.165, 1.54) is 17.4 Å². The molecule has 0 unspecified atom stereocenters. The molecule has 0 aliphatic carbocycles. The number of nitrogens with one attached hydrogen (secondary N) is 1. The zero-order valence-corrected chi connectivity index (χ0v) is 11.7. The van der Waals surface area contributed by atoms with Crippen molar-refractivity contribution in [2.45, 2.75) is 20.8 Å². The van der Waals surface area contributed by atoms with Crippen LogP contribution in [0.5, 0.6) is 0 Å². The first-order valence-electron chi connectivity index (χ1n) is 5.76. The molecule has 1 aromatic heterocycles. The van der Waals surface area contributed by atoms with E-state index >= 15 is 0 Å². The van der Waals surface area contributed by atoms with Gasteiger partial charge in [-0.05, 0) is 43.2 Å². The Hall–Kier alpha value is -1.81. The Morgan fingerprint density at radius 2 is 1.94 bits per heavy atom. The van der Waals surface area contributed by atoms with Gasteiger partial charge in [-0.2, -0.15) is 0 Å². The zero-order chi connectivity index (χ0) is 13.1. The molecule has 0 saturated heterocycles. The number of furan rings is 1. The summed E-state index contributed by atoms with van der Waals surface area (Å²) in [5.41, 5.74) is 3.33. The fourth-order valence-electron chi connectivity index (χ4n) is 1.67. The van der Waals surface area contributed by atoms with E-state index in [0.717, 1.165) is 10.8 Å². The molecular formula is C14H15NO2Si. The normalized spacial score (nSPS) is 10.4. The summed E-state index contributed by atoms with van der Waals surface area (Å²) >= 11 is 0. The Morgan fingerprint density at radius 1 is 1.17 bits per heavy atom. The molecule has 1 amide bonds. The quantitative estimate of drug-likeness (QED) is 0.853. The SMILES string of the molecule is Cc1ccoc1C(=O)N[Si]c1cccc(C)c1C. The first-order valence-corrected chi connectivity index (χ1v) is 6.76. The van der Waals surface area contributed by atoms with Crippen LogP contribution in [0, 0.1) is 20.8 Å². The molecular weight excluding hydrogens is 242 g/mol. The van der Waals surface area contributed by atoms with Crippen molar-refractivity contribution in [3.8, 4) is 0 Å². The first kappa shape index (κ1) is 12.6. The van der Waals surface area contributed by atoms with E-state index in [1.807, 2.05) is 19.1 Å². The summed E-state index contributed by atoms with van der Waals surface area (Å²) in [5.74, 6) is 0.240. The van der Waals surface area contributed by atoms with E-state index < -0.39 is 0 Å². The highest BCUT2D eigenvalue weighted by molar-refractivity contribution is 6.54. The van der Waals surface area contributed by atoms with E-state index in [9.17, 15) is 4.79 Å². The summed E-state index contributed by atoms with van der Waals surface area (Å²) < 4.78 is 5.16. The van der Waals surface area contributed by atoms with Crippen LogP contribution in [-0.2, 0) is 0 Å². The predicted molar refractivity (Wildman–Crippen MR) is 72.2 cm³/mol. The van der Waals surface area contributed by atoms with Crippen molar-refractivity contribution in [3.05, 3.63) is 53.0 Å². The number of carbonyl (C=O) groups excluding carboxylic acids is 1. The number of aryl methyl sites for hydroxylation is 2. The molecule has 0 saturated carbocycles. The minimum Gasteiger partial charge on any atom is -0.459 e. The molecule has 2 rings (SSSR count). The lowest BCUT2D eigenvalue weighted by molar-refractivity contribution is 0.0953. The third-order valence-electron chi connectivity index (χ3n) is 2.98. The van der Waals surface area contributed by atoms with Crippen LogP contribution in [0.3, 0.4) is 0 Å². The van der Waals surface area contributed by atoms with Crippen molar-refractivity contribution in [2.75, 3.05) is 0 Å². The molecule has 0 aliphatic heterocycles. The standard InChI is InChI=1S/C14H15NO2Si/c1-9-5-4-6-12(11(9)3)18-15-14(16)13-10(2)7-8-17-13/h4-8H,1-3H3,(H,15,16). The molecule has 1 heterocycles. The molecule has 4 heteroatoms. The summed E-state index contributed by atoms with van der Waals surface area (Å²) in [6, 6.07) is 7.91. The molecule has 3 nitrogen and oxygen atoms in total. The first-order chi connectivity index (χ1) is 8.59. The second-order valence-corrected chi connectivity index (χ2v) is 5.30. The maximum Gasteiger partial charge on any atom is 0.279 e. The van der Waals surface area contributed by atoms with Crippen LogP contribution in [0.15, 0.2) is 34.9 Å². The van der Waals surface area contributed by atoms with Gasteiger partial charge >= 0.3 is 0 Å². The molecule has 0 bridgehead atoms. The highest BCUT2D eigenvalue weighted by Crippen LogP contribution is 2.08. The lowest BCUT2D eigenvalue weighted by atomic mass is 10.1. The van der Waals surface area contributed by atoms with Gasteiger partial charge in [-0.25, -0.2) is 0 Å². The molecule has 0 atom stereocenters. The lowest BCUT2D eigenvalue weighted by Crippen LogP contribution is -2.37. The van der Waals surface area contributed by atoms with Gasteiger partial charge in [-0.3, -0.25) is 4.79 Å². The highest BCUT2D eigenvalue weighted by Gasteiger charge is 2.13. The van der Waals surface area contributed by atoms with Crippen LogP contribution in [-0.4, -0.2) is 15.6 Å². The Morgan fingerprint density at radius 3 is 2.61 bits per heavy atom. The fraction of sp³-hybridized carbons (Fsp3) is 0.214. The van der Waals surface area contributed by atoms with Crippen LogP contribution in [0.4, 0.5) is 0 Å².